The first kappa shape index (κ1) is 28.2. The lowest BCUT2D eigenvalue weighted by molar-refractivity contribution is 0.207. The Hall–Kier alpha value is -3.78. The van der Waals surface area contributed by atoms with E-state index >= 15 is 0 Å². The first-order chi connectivity index (χ1) is 18.8. The smallest absolute Gasteiger partial charge is 0.322 e. The summed E-state index contributed by atoms with van der Waals surface area (Å²) in [5, 5.41) is 7.70. The molecule has 0 aliphatic heterocycles. The molecule has 1 aromatic heterocycles. The largest absolute Gasteiger partial charge is 0.497 e. The van der Waals surface area contributed by atoms with Gasteiger partial charge in [-0.15, -0.1) is 0 Å². The number of methoxy groups -OCH3 is 1. The van der Waals surface area contributed by atoms with Crippen molar-refractivity contribution in [3.8, 4) is 5.75 Å². The van der Waals surface area contributed by atoms with Crippen LogP contribution in [0.3, 0.4) is 0 Å². The van der Waals surface area contributed by atoms with E-state index in [4.69, 9.17) is 4.74 Å². The molecular formula is C31H36BrN5O2. The van der Waals surface area contributed by atoms with E-state index in [2.05, 4.69) is 67.6 Å². The van der Waals surface area contributed by atoms with Crippen LogP contribution < -0.4 is 20.3 Å². The standard InChI is InChI=1S/C31H36BrN5O2/c1-22(34-29-20-26(39-4)19-24-10-7-17-33-30(24)29)9-8-18-37(21-23-13-15-25(16-14-23)36(2)3)31(38)35-28-12-6-5-11-27(28)32/h5-7,10-17,19-20,22,34H,8-9,18,21H2,1-4H3,(H,35,38). The molecule has 0 fully saturated rings. The molecule has 0 bridgehead atoms. The van der Waals surface area contributed by atoms with Crippen LogP contribution in [0.1, 0.15) is 25.3 Å². The summed E-state index contributed by atoms with van der Waals surface area (Å²) in [6.45, 7) is 3.30. The van der Waals surface area contributed by atoms with Gasteiger partial charge in [-0.2, -0.15) is 0 Å². The molecule has 0 spiro atoms. The molecule has 7 nitrogen and oxygen atoms in total. The van der Waals surface area contributed by atoms with Crippen LogP contribution in [0.4, 0.5) is 21.9 Å². The summed E-state index contributed by atoms with van der Waals surface area (Å²) >= 11 is 3.53. The number of carbonyl (C=O) groups is 1. The molecule has 4 rings (SSSR count). The average molecular weight is 591 g/mol. The highest BCUT2D eigenvalue weighted by molar-refractivity contribution is 9.10. The highest BCUT2D eigenvalue weighted by Crippen LogP contribution is 2.29. The molecule has 1 heterocycles. The summed E-state index contributed by atoms with van der Waals surface area (Å²) in [6, 6.07) is 24.0. The number of aromatic nitrogens is 1. The Morgan fingerprint density at radius 1 is 1.03 bits per heavy atom. The van der Waals surface area contributed by atoms with Gasteiger partial charge in [0.05, 0.1) is 24.0 Å². The molecular weight excluding hydrogens is 554 g/mol. The number of anilines is 3. The number of rotatable bonds is 11. The van der Waals surface area contributed by atoms with Gasteiger partial charge >= 0.3 is 6.03 Å². The highest BCUT2D eigenvalue weighted by atomic mass is 79.9. The molecule has 0 radical (unpaired) electrons. The van der Waals surface area contributed by atoms with Gasteiger partial charge in [0.25, 0.3) is 0 Å². The monoisotopic (exact) mass is 589 g/mol. The Morgan fingerprint density at radius 2 is 1.79 bits per heavy atom. The molecule has 0 aliphatic carbocycles. The van der Waals surface area contributed by atoms with E-state index in [-0.39, 0.29) is 12.1 Å². The summed E-state index contributed by atoms with van der Waals surface area (Å²) in [6.07, 6.45) is 3.52. The molecule has 2 amide bonds. The van der Waals surface area contributed by atoms with Crippen LogP contribution in [0.2, 0.25) is 0 Å². The van der Waals surface area contributed by atoms with E-state index in [1.807, 2.05) is 67.5 Å². The van der Waals surface area contributed by atoms with Gasteiger partial charge in [0, 0.05) is 61.0 Å². The zero-order chi connectivity index (χ0) is 27.8. The minimum absolute atomic E-state index is 0.123. The van der Waals surface area contributed by atoms with Gasteiger partial charge < -0.3 is 25.2 Å². The van der Waals surface area contributed by atoms with Gasteiger partial charge in [-0.3, -0.25) is 4.98 Å². The summed E-state index contributed by atoms with van der Waals surface area (Å²) in [5.74, 6) is 0.792. The molecule has 0 aliphatic rings. The lowest BCUT2D eigenvalue weighted by atomic mass is 10.1. The topological polar surface area (TPSA) is 69.7 Å². The van der Waals surface area contributed by atoms with Crippen molar-refractivity contribution in [3.63, 3.8) is 0 Å². The maximum atomic E-state index is 13.4. The minimum Gasteiger partial charge on any atom is -0.497 e. The summed E-state index contributed by atoms with van der Waals surface area (Å²) < 4.78 is 6.35. The molecule has 2 N–H and O–H groups in total. The average Bonchev–Trinajstić information content (AvgIpc) is 2.93. The number of para-hydroxylation sites is 1. The van der Waals surface area contributed by atoms with E-state index in [0.717, 1.165) is 56.6 Å². The van der Waals surface area contributed by atoms with E-state index in [1.54, 1.807) is 13.3 Å². The minimum atomic E-state index is -0.123. The third kappa shape index (κ3) is 7.63. The Labute approximate surface area is 239 Å². The van der Waals surface area contributed by atoms with Crippen LogP contribution >= 0.6 is 15.9 Å². The van der Waals surface area contributed by atoms with Crippen molar-refractivity contribution in [2.75, 3.05) is 43.3 Å². The second kappa shape index (κ2) is 13.3. The molecule has 0 saturated heterocycles. The van der Waals surface area contributed by atoms with Crippen molar-refractivity contribution < 1.29 is 9.53 Å². The number of carbonyl (C=O) groups excluding carboxylic acids is 1. The Bertz CT molecular complexity index is 1390. The van der Waals surface area contributed by atoms with Crippen molar-refractivity contribution >= 4 is 49.9 Å². The van der Waals surface area contributed by atoms with Crippen molar-refractivity contribution in [3.05, 3.63) is 89.0 Å². The molecule has 8 heteroatoms. The normalized spacial score (nSPS) is 11.6. The first-order valence-corrected chi connectivity index (χ1v) is 13.9. The zero-order valence-corrected chi connectivity index (χ0v) is 24.5. The number of nitrogens with one attached hydrogen (secondary N) is 2. The third-order valence-corrected chi connectivity index (χ3v) is 7.30. The van der Waals surface area contributed by atoms with E-state index in [0.29, 0.717) is 13.1 Å². The van der Waals surface area contributed by atoms with E-state index < -0.39 is 0 Å². The van der Waals surface area contributed by atoms with E-state index in [1.165, 1.54) is 0 Å². The maximum Gasteiger partial charge on any atom is 0.322 e. The van der Waals surface area contributed by atoms with Crippen molar-refractivity contribution in [2.24, 2.45) is 0 Å². The predicted molar refractivity (Wildman–Crippen MR) is 165 cm³/mol. The van der Waals surface area contributed by atoms with Crippen LogP contribution in [0, 0.1) is 0 Å². The number of urea groups is 1. The van der Waals surface area contributed by atoms with Crippen LogP contribution in [-0.4, -0.2) is 49.7 Å². The molecule has 0 saturated carbocycles. The number of hydrogen-bond acceptors (Lipinski definition) is 5. The second-order valence-electron chi connectivity index (χ2n) is 9.83. The van der Waals surface area contributed by atoms with Crippen molar-refractivity contribution in [1.82, 2.24) is 9.88 Å². The summed E-state index contributed by atoms with van der Waals surface area (Å²) in [5.41, 5.74) is 4.83. The fourth-order valence-corrected chi connectivity index (χ4v) is 4.83. The van der Waals surface area contributed by atoms with Crippen LogP contribution in [0.25, 0.3) is 10.9 Å². The lowest BCUT2D eigenvalue weighted by Crippen LogP contribution is -2.36. The number of hydrogen-bond donors (Lipinski definition) is 2. The number of ether oxygens (including phenoxy) is 1. The van der Waals surface area contributed by atoms with Gasteiger partial charge in [0.2, 0.25) is 0 Å². The second-order valence-corrected chi connectivity index (χ2v) is 10.7. The SMILES string of the molecule is COc1cc(NC(C)CCCN(Cc2ccc(N(C)C)cc2)C(=O)Nc2ccccc2Br)c2ncccc2c1. The third-order valence-electron chi connectivity index (χ3n) is 6.61. The molecule has 39 heavy (non-hydrogen) atoms. The van der Waals surface area contributed by atoms with Crippen molar-refractivity contribution in [2.45, 2.75) is 32.4 Å². The lowest BCUT2D eigenvalue weighted by Gasteiger charge is -2.25. The number of amides is 2. The first-order valence-electron chi connectivity index (χ1n) is 13.1. The summed E-state index contributed by atoms with van der Waals surface area (Å²) in [7, 11) is 5.71. The Morgan fingerprint density at radius 3 is 2.51 bits per heavy atom. The van der Waals surface area contributed by atoms with Gasteiger partial charge in [-0.25, -0.2) is 4.79 Å². The van der Waals surface area contributed by atoms with Gasteiger partial charge in [-0.05, 0) is 77.7 Å². The Kier molecular flexibility index (Phi) is 9.65. The number of benzene rings is 3. The highest BCUT2D eigenvalue weighted by Gasteiger charge is 2.17. The number of halogens is 1. The fourth-order valence-electron chi connectivity index (χ4n) is 4.45. The fraction of sp³-hybridized carbons (Fsp3) is 0.290. The van der Waals surface area contributed by atoms with Gasteiger partial charge in [0.1, 0.15) is 5.75 Å². The van der Waals surface area contributed by atoms with Crippen molar-refractivity contribution in [1.29, 1.82) is 0 Å². The van der Waals surface area contributed by atoms with E-state index in [9.17, 15) is 4.79 Å². The van der Waals surface area contributed by atoms with Crippen LogP contribution in [0.15, 0.2) is 83.5 Å². The van der Waals surface area contributed by atoms with Crippen LogP contribution in [-0.2, 0) is 6.54 Å². The number of fused-ring (bicyclic) bond motifs is 1. The number of pyridine rings is 1. The molecule has 3 aromatic carbocycles. The molecule has 1 atom stereocenters. The predicted octanol–water partition coefficient (Wildman–Crippen LogP) is 7.39. The van der Waals surface area contributed by atoms with Gasteiger partial charge in [0.15, 0.2) is 0 Å². The van der Waals surface area contributed by atoms with Crippen LogP contribution in [0.5, 0.6) is 5.75 Å². The quantitative estimate of drug-likeness (QED) is 0.191. The summed E-state index contributed by atoms with van der Waals surface area (Å²) in [4.78, 5) is 21.9. The molecule has 1 unspecified atom stereocenters. The molecule has 204 valence electrons. The molecule has 4 aromatic rings. The zero-order valence-electron chi connectivity index (χ0n) is 22.9. The maximum absolute atomic E-state index is 13.4. The van der Waals surface area contributed by atoms with Gasteiger partial charge in [-0.1, -0.05) is 30.3 Å². The Balaban J connectivity index is 1.43. The number of nitrogens with zero attached hydrogens (tertiary/aromatic N) is 3.